The van der Waals surface area contributed by atoms with Gasteiger partial charge in [0.2, 0.25) is 0 Å². The van der Waals surface area contributed by atoms with E-state index in [9.17, 15) is 10.0 Å². The van der Waals surface area contributed by atoms with Crippen LogP contribution in [-0.4, -0.2) is 29.3 Å². The quantitative estimate of drug-likeness (QED) is 0.683. The Hall–Kier alpha value is -2.06. The van der Waals surface area contributed by atoms with Gasteiger partial charge in [-0.25, -0.2) is 5.06 Å². The van der Waals surface area contributed by atoms with E-state index in [-0.39, 0.29) is 5.92 Å². The number of carbonyl (C=O) groups excluding carboxylic acids is 1. The molecule has 0 saturated heterocycles. The molecule has 1 N–H and O–H groups in total. The summed E-state index contributed by atoms with van der Waals surface area (Å²) in [5.74, 6) is 0.00742. The van der Waals surface area contributed by atoms with E-state index in [1.54, 1.807) is 24.3 Å². The van der Waals surface area contributed by atoms with Gasteiger partial charge in [0.05, 0.1) is 5.56 Å². The standard InChI is InChI=1S/C16H20N2O3/c1-18(20)16(19)15(12-7-3-2-4-8-12)21-14-10-6-5-9-13(14)11-17/h5-6,9-10,12,15,20H,2-4,7-8H2,1H3. The smallest absolute Gasteiger partial charge is 0.286 e. The number of carbonyl (C=O) groups is 1. The first kappa shape index (κ1) is 15.3. The Balaban J connectivity index is 2.23. The van der Waals surface area contributed by atoms with Crippen molar-refractivity contribution in [2.45, 2.75) is 38.2 Å². The fourth-order valence-electron chi connectivity index (χ4n) is 2.77. The average molecular weight is 288 g/mol. The molecule has 112 valence electrons. The number of hydrogen-bond acceptors (Lipinski definition) is 4. The normalized spacial score (nSPS) is 16.8. The molecule has 0 bridgehead atoms. The molecule has 1 saturated carbocycles. The Kier molecular flexibility index (Phi) is 5.18. The maximum atomic E-state index is 12.2. The number of nitriles is 1. The minimum Gasteiger partial charge on any atom is -0.479 e. The predicted octanol–water partition coefficient (Wildman–Crippen LogP) is 2.73. The first-order chi connectivity index (χ1) is 10.1. The first-order valence-corrected chi connectivity index (χ1v) is 7.25. The predicted molar refractivity (Wildman–Crippen MR) is 76.7 cm³/mol. The van der Waals surface area contributed by atoms with Crippen LogP contribution in [0.15, 0.2) is 24.3 Å². The molecular formula is C16H20N2O3. The second kappa shape index (κ2) is 7.09. The maximum absolute atomic E-state index is 12.2. The number of rotatable bonds is 4. The van der Waals surface area contributed by atoms with E-state index in [0.717, 1.165) is 25.7 Å². The molecule has 1 atom stereocenters. The molecule has 1 aliphatic rings. The Morgan fingerprint density at radius 2 is 2.05 bits per heavy atom. The highest BCUT2D eigenvalue weighted by Gasteiger charge is 2.33. The fraction of sp³-hybridized carbons (Fsp3) is 0.500. The van der Waals surface area contributed by atoms with E-state index in [0.29, 0.717) is 16.4 Å². The van der Waals surface area contributed by atoms with Crippen molar-refractivity contribution < 1.29 is 14.7 Å². The first-order valence-electron chi connectivity index (χ1n) is 7.25. The van der Waals surface area contributed by atoms with Crippen molar-refractivity contribution in [3.63, 3.8) is 0 Å². The van der Waals surface area contributed by atoms with Crippen LogP contribution in [0.4, 0.5) is 0 Å². The largest absolute Gasteiger partial charge is 0.479 e. The molecule has 1 aromatic rings. The monoisotopic (exact) mass is 288 g/mol. The molecule has 1 aromatic carbocycles. The number of nitrogens with zero attached hydrogens (tertiary/aromatic N) is 2. The van der Waals surface area contributed by atoms with Gasteiger partial charge in [-0.15, -0.1) is 0 Å². The Bertz CT molecular complexity index is 531. The lowest BCUT2D eigenvalue weighted by Crippen LogP contribution is -2.43. The van der Waals surface area contributed by atoms with E-state index in [1.165, 1.54) is 13.5 Å². The summed E-state index contributed by atoms with van der Waals surface area (Å²) in [6.45, 7) is 0. The molecule has 0 radical (unpaired) electrons. The molecule has 2 rings (SSSR count). The molecule has 1 aliphatic carbocycles. The molecule has 5 heteroatoms. The minimum atomic E-state index is -0.741. The van der Waals surface area contributed by atoms with E-state index >= 15 is 0 Å². The highest BCUT2D eigenvalue weighted by atomic mass is 16.5. The van der Waals surface area contributed by atoms with Crippen LogP contribution in [0.5, 0.6) is 5.75 Å². The van der Waals surface area contributed by atoms with Crippen LogP contribution in [0.25, 0.3) is 0 Å². The van der Waals surface area contributed by atoms with Crippen LogP contribution in [0.2, 0.25) is 0 Å². The number of benzene rings is 1. The summed E-state index contributed by atoms with van der Waals surface area (Å²) in [4.78, 5) is 12.2. The van der Waals surface area contributed by atoms with E-state index < -0.39 is 12.0 Å². The Labute approximate surface area is 124 Å². The molecule has 5 nitrogen and oxygen atoms in total. The van der Waals surface area contributed by atoms with Gasteiger partial charge in [-0.3, -0.25) is 10.0 Å². The van der Waals surface area contributed by atoms with Crippen molar-refractivity contribution in [3.8, 4) is 11.8 Å². The summed E-state index contributed by atoms with van der Waals surface area (Å²) in [7, 11) is 1.30. The molecule has 0 aromatic heterocycles. The fourth-order valence-corrected chi connectivity index (χ4v) is 2.77. The van der Waals surface area contributed by atoms with Crippen molar-refractivity contribution in [2.24, 2.45) is 5.92 Å². The van der Waals surface area contributed by atoms with Crippen LogP contribution < -0.4 is 4.74 Å². The van der Waals surface area contributed by atoms with Gasteiger partial charge >= 0.3 is 0 Å². The molecule has 1 fully saturated rings. The third kappa shape index (κ3) is 3.73. The van der Waals surface area contributed by atoms with Crippen LogP contribution in [0.3, 0.4) is 0 Å². The zero-order valence-electron chi connectivity index (χ0n) is 12.2. The number of ether oxygens (including phenoxy) is 1. The summed E-state index contributed by atoms with van der Waals surface area (Å²) < 4.78 is 5.83. The second-order valence-corrected chi connectivity index (χ2v) is 5.41. The Morgan fingerprint density at radius 3 is 2.67 bits per heavy atom. The van der Waals surface area contributed by atoms with Gasteiger partial charge in [-0.05, 0) is 25.0 Å². The van der Waals surface area contributed by atoms with Gasteiger partial charge in [0.25, 0.3) is 5.91 Å². The highest BCUT2D eigenvalue weighted by molar-refractivity contribution is 5.80. The van der Waals surface area contributed by atoms with Crippen LogP contribution in [0.1, 0.15) is 37.7 Å². The summed E-state index contributed by atoms with van der Waals surface area (Å²) in [5, 5.41) is 19.2. The summed E-state index contributed by atoms with van der Waals surface area (Å²) >= 11 is 0. The lowest BCUT2D eigenvalue weighted by atomic mass is 9.84. The maximum Gasteiger partial charge on any atom is 0.286 e. The molecule has 1 unspecified atom stereocenters. The summed E-state index contributed by atoms with van der Waals surface area (Å²) in [6, 6.07) is 8.91. The zero-order valence-corrected chi connectivity index (χ0v) is 12.2. The SMILES string of the molecule is CN(O)C(=O)C(Oc1ccccc1C#N)C1CCCCC1. The molecule has 0 aliphatic heterocycles. The van der Waals surface area contributed by atoms with Crippen molar-refractivity contribution in [1.82, 2.24) is 5.06 Å². The number of para-hydroxylation sites is 1. The molecular weight excluding hydrogens is 268 g/mol. The molecule has 21 heavy (non-hydrogen) atoms. The summed E-state index contributed by atoms with van der Waals surface area (Å²) in [6.07, 6.45) is 4.36. The van der Waals surface area contributed by atoms with Crippen LogP contribution >= 0.6 is 0 Å². The minimum absolute atomic E-state index is 0.0765. The Morgan fingerprint density at radius 1 is 1.38 bits per heavy atom. The number of amides is 1. The van der Waals surface area contributed by atoms with Gasteiger partial charge < -0.3 is 4.74 Å². The average Bonchev–Trinajstić information content (AvgIpc) is 2.53. The number of likely N-dealkylation sites (N-methyl/N-ethyl adjacent to an activating group) is 1. The lowest BCUT2D eigenvalue weighted by molar-refractivity contribution is -0.170. The third-order valence-corrected chi connectivity index (χ3v) is 3.90. The van der Waals surface area contributed by atoms with E-state index in [4.69, 9.17) is 10.00 Å². The zero-order chi connectivity index (χ0) is 15.2. The van der Waals surface area contributed by atoms with Gasteiger partial charge in [0.15, 0.2) is 6.10 Å². The van der Waals surface area contributed by atoms with Gasteiger partial charge in [0.1, 0.15) is 11.8 Å². The highest BCUT2D eigenvalue weighted by Crippen LogP contribution is 2.30. The lowest BCUT2D eigenvalue weighted by Gasteiger charge is -2.30. The van der Waals surface area contributed by atoms with Crippen molar-refractivity contribution in [2.75, 3.05) is 7.05 Å². The molecule has 0 spiro atoms. The van der Waals surface area contributed by atoms with E-state index in [2.05, 4.69) is 6.07 Å². The second-order valence-electron chi connectivity index (χ2n) is 5.41. The molecule has 1 amide bonds. The van der Waals surface area contributed by atoms with Gasteiger partial charge in [-0.2, -0.15) is 5.26 Å². The topological polar surface area (TPSA) is 73.6 Å². The summed E-state index contributed by atoms with van der Waals surface area (Å²) in [5.41, 5.74) is 0.395. The van der Waals surface area contributed by atoms with Gasteiger partial charge in [-0.1, -0.05) is 31.4 Å². The van der Waals surface area contributed by atoms with E-state index in [1.807, 2.05) is 0 Å². The number of hydrogen-bond donors (Lipinski definition) is 1. The molecule has 0 heterocycles. The van der Waals surface area contributed by atoms with Crippen LogP contribution in [0, 0.1) is 17.2 Å². The van der Waals surface area contributed by atoms with Crippen molar-refractivity contribution >= 4 is 5.91 Å². The van der Waals surface area contributed by atoms with Gasteiger partial charge in [0, 0.05) is 13.0 Å². The van der Waals surface area contributed by atoms with Crippen LogP contribution in [-0.2, 0) is 4.79 Å². The van der Waals surface area contributed by atoms with Crippen molar-refractivity contribution in [3.05, 3.63) is 29.8 Å². The number of hydroxylamine groups is 2. The third-order valence-electron chi connectivity index (χ3n) is 3.90. The van der Waals surface area contributed by atoms with Crippen molar-refractivity contribution in [1.29, 1.82) is 5.26 Å².